The third-order valence-electron chi connectivity index (χ3n) is 5.08. The van der Waals surface area contributed by atoms with Gasteiger partial charge < -0.3 is 5.11 Å². The van der Waals surface area contributed by atoms with Crippen LogP contribution in [0.25, 0.3) is 11.1 Å². The minimum Gasteiger partial charge on any atom is -0.389 e. The van der Waals surface area contributed by atoms with Crippen LogP contribution in [0.1, 0.15) is 61.8 Å². The van der Waals surface area contributed by atoms with Gasteiger partial charge in [0, 0.05) is 12.3 Å². The molecule has 3 aliphatic carbocycles. The van der Waals surface area contributed by atoms with Crippen LogP contribution in [0.15, 0.2) is 24.3 Å². The number of aryl methyl sites for hydroxylation is 1. The normalized spacial score (nSPS) is 25.4. The topological polar surface area (TPSA) is 20.2 Å². The van der Waals surface area contributed by atoms with Crippen LogP contribution in [0.4, 0.5) is 0 Å². The van der Waals surface area contributed by atoms with E-state index < -0.39 is 5.60 Å². The summed E-state index contributed by atoms with van der Waals surface area (Å²) in [5.74, 6) is 0.714. The van der Waals surface area contributed by atoms with Crippen molar-refractivity contribution in [2.45, 2.75) is 58.5 Å². The molecule has 0 bridgehead atoms. The van der Waals surface area contributed by atoms with Gasteiger partial charge in [0.15, 0.2) is 0 Å². The van der Waals surface area contributed by atoms with Crippen LogP contribution in [-0.4, -0.2) is 10.7 Å². The first-order valence-electron chi connectivity index (χ1n) is 7.59. The van der Waals surface area contributed by atoms with Gasteiger partial charge in [-0.15, -0.1) is 0 Å². The summed E-state index contributed by atoms with van der Waals surface area (Å²) in [5, 5.41) is 10.7. The molecule has 0 saturated heterocycles. The third kappa shape index (κ3) is 1.88. The van der Waals surface area contributed by atoms with Crippen molar-refractivity contribution in [2.75, 3.05) is 0 Å². The monoisotopic (exact) mass is 268 g/mol. The molecule has 0 unspecified atom stereocenters. The lowest BCUT2D eigenvalue weighted by Gasteiger charge is -2.35. The van der Waals surface area contributed by atoms with Gasteiger partial charge in [-0.05, 0) is 53.1 Å². The first-order chi connectivity index (χ1) is 9.31. The molecular formula is C19H24O. The molecule has 1 nitrogen and oxygen atoms in total. The van der Waals surface area contributed by atoms with E-state index in [4.69, 9.17) is 0 Å². The Labute approximate surface area is 122 Å². The van der Waals surface area contributed by atoms with Crippen molar-refractivity contribution < 1.29 is 5.11 Å². The average molecular weight is 268 g/mol. The zero-order valence-corrected chi connectivity index (χ0v) is 13.1. The van der Waals surface area contributed by atoms with Crippen LogP contribution in [0.3, 0.4) is 0 Å². The smallest absolute Gasteiger partial charge is 0.0725 e. The summed E-state index contributed by atoms with van der Waals surface area (Å²) in [6.07, 6.45) is 0.743. The van der Waals surface area contributed by atoms with E-state index in [0.717, 1.165) is 6.42 Å². The maximum absolute atomic E-state index is 10.7. The second-order valence-electron chi connectivity index (χ2n) is 6.98. The number of hydrogen-bond donors (Lipinski definition) is 1. The Morgan fingerprint density at radius 1 is 1.25 bits per heavy atom. The van der Waals surface area contributed by atoms with Gasteiger partial charge in [0.1, 0.15) is 0 Å². The lowest BCUT2D eigenvalue weighted by Crippen LogP contribution is -2.36. The molecule has 0 heterocycles. The summed E-state index contributed by atoms with van der Waals surface area (Å²) in [6, 6.07) is 9.07. The van der Waals surface area contributed by atoms with E-state index in [0.29, 0.717) is 5.92 Å². The highest BCUT2D eigenvalue weighted by atomic mass is 16.3. The molecule has 0 aliphatic heterocycles. The van der Waals surface area contributed by atoms with E-state index in [-0.39, 0.29) is 5.92 Å². The highest BCUT2D eigenvalue weighted by Gasteiger charge is 2.38. The van der Waals surface area contributed by atoms with Crippen molar-refractivity contribution in [2.24, 2.45) is 0 Å². The van der Waals surface area contributed by atoms with Crippen LogP contribution < -0.4 is 0 Å². The highest BCUT2D eigenvalue weighted by molar-refractivity contribution is 5.80. The lowest BCUT2D eigenvalue weighted by molar-refractivity contribution is 0.0339. The van der Waals surface area contributed by atoms with Crippen molar-refractivity contribution in [1.29, 1.82) is 0 Å². The number of hydrogen-bond acceptors (Lipinski definition) is 1. The quantitative estimate of drug-likeness (QED) is 0.799. The Morgan fingerprint density at radius 2 is 1.95 bits per heavy atom. The first-order valence-corrected chi connectivity index (χ1v) is 7.59. The third-order valence-corrected chi connectivity index (χ3v) is 5.08. The molecule has 0 amide bonds. The van der Waals surface area contributed by atoms with E-state index >= 15 is 0 Å². The highest BCUT2D eigenvalue weighted by Crippen LogP contribution is 2.47. The van der Waals surface area contributed by atoms with E-state index in [1.807, 2.05) is 6.92 Å². The average Bonchev–Trinajstić information content (AvgIpc) is 2.55. The Kier molecular flexibility index (Phi) is 2.95. The first kappa shape index (κ1) is 13.6. The fraction of sp³-hybridized carbons (Fsp3) is 0.474. The van der Waals surface area contributed by atoms with E-state index in [1.165, 1.54) is 33.4 Å². The van der Waals surface area contributed by atoms with Crippen LogP contribution in [0, 0.1) is 6.92 Å². The predicted molar refractivity (Wildman–Crippen MR) is 84.6 cm³/mol. The van der Waals surface area contributed by atoms with Crippen LogP contribution in [0.5, 0.6) is 0 Å². The largest absolute Gasteiger partial charge is 0.389 e. The summed E-state index contributed by atoms with van der Waals surface area (Å²) in [7, 11) is 0. The van der Waals surface area contributed by atoms with Gasteiger partial charge in [-0.25, -0.2) is 0 Å². The van der Waals surface area contributed by atoms with Crippen molar-refractivity contribution in [1.82, 2.24) is 0 Å². The zero-order chi connectivity index (χ0) is 14.7. The van der Waals surface area contributed by atoms with Gasteiger partial charge in [0.25, 0.3) is 0 Å². The Bertz CT molecular complexity index is 637. The SMILES string of the molecule is Cc1cc2c3c(ccc(C(C)C)cc1-3)C[C@@](C)(O)[C@H]2C. The van der Waals surface area contributed by atoms with Crippen molar-refractivity contribution >= 4 is 0 Å². The maximum atomic E-state index is 10.7. The van der Waals surface area contributed by atoms with E-state index in [9.17, 15) is 5.11 Å². The van der Waals surface area contributed by atoms with Gasteiger partial charge in [0.05, 0.1) is 5.60 Å². The molecule has 0 aromatic carbocycles. The Balaban J connectivity index is 2.32. The molecule has 0 radical (unpaired) electrons. The van der Waals surface area contributed by atoms with Crippen molar-refractivity contribution in [3.05, 3.63) is 46.5 Å². The van der Waals surface area contributed by atoms with Crippen molar-refractivity contribution in [3.8, 4) is 11.1 Å². The molecule has 1 heteroatoms. The molecule has 0 spiro atoms. The molecule has 0 aromatic heterocycles. The molecule has 1 N–H and O–H groups in total. The second kappa shape index (κ2) is 4.33. The summed E-state index contributed by atoms with van der Waals surface area (Å²) >= 11 is 0. The summed E-state index contributed by atoms with van der Waals surface area (Å²) in [4.78, 5) is 0. The number of aliphatic hydroxyl groups is 1. The van der Waals surface area contributed by atoms with E-state index in [1.54, 1.807) is 0 Å². The van der Waals surface area contributed by atoms with Gasteiger partial charge in [-0.1, -0.05) is 45.0 Å². The van der Waals surface area contributed by atoms with Crippen LogP contribution in [0.2, 0.25) is 0 Å². The summed E-state index contributed by atoms with van der Waals surface area (Å²) in [5.41, 5.74) is 7.41. The molecule has 0 aromatic rings. The lowest BCUT2D eigenvalue weighted by atomic mass is 9.74. The minimum absolute atomic E-state index is 0.191. The maximum Gasteiger partial charge on any atom is 0.0725 e. The zero-order valence-electron chi connectivity index (χ0n) is 13.1. The molecule has 106 valence electrons. The van der Waals surface area contributed by atoms with Crippen LogP contribution in [-0.2, 0) is 6.42 Å². The molecule has 0 fully saturated rings. The minimum atomic E-state index is -0.646. The predicted octanol–water partition coefficient (Wildman–Crippen LogP) is 4.63. The summed E-state index contributed by atoms with van der Waals surface area (Å²) < 4.78 is 0. The fourth-order valence-electron chi connectivity index (χ4n) is 3.50. The van der Waals surface area contributed by atoms with Gasteiger partial charge in [-0.3, -0.25) is 0 Å². The Hall–Kier alpha value is -1.34. The Morgan fingerprint density at radius 3 is 2.60 bits per heavy atom. The molecule has 3 aliphatic rings. The molecule has 3 rings (SSSR count). The van der Waals surface area contributed by atoms with Gasteiger partial charge >= 0.3 is 0 Å². The van der Waals surface area contributed by atoms with Crippen molar-refractivity contribution in [3.63, 3.8) is 0 Å². The van der Waals surface area contributed by atoms with Crippen LogP contribution >= 0.6 is 0 Å². The number of rotatable bonds is 1. The second-order valence-corrected chi connectivity index (χ2v) is 6.98. The summed E-state index contributed by atoms with van der Waals surface area (Å²) in [6.45, 7) is 10.8. The molecule has 20 heavy (non-hydrogen) atoms. The fourth-order valence-corrected chi connectivity index (χ4v) is 3.50. The molecular weight excluding hydrogens is 244 g/mol. The van der Waals surface area contributed by atoms with Gasteiger partial charge in [-0.2, -0.15) is 0 Å². The molecule has 0 saturated carbocycles. The standard InChI is InChI=1S/C19H24O/c1-11(2)14-6-7-15-10-19(5,20)13(4)17-8-12(3)16(9-14)18(15)17/h6-9,11,13,20H,10H2,1-5H3/t13-,19+/m0/s1. The van der Waals surface area contributed by atoms with E-state index in [2.05, 4.69) is 52.0 Å². The van der Waals surface area contributed by atoms with Gasteiger partial charge in [0.2, 0.25) is 0 Å². The molecule has 2 atom stereocenters.